The first-order chi connectivity index (χ1) is 19.1. The third-order valence-electron chi connectivity index (χ3n) is 6.77. The minimum absolute atomic E-state index is 0.0254. The van der Waals surface area contributed by atoms with Gasteiger partial charge in [0.15, 0.2) is 17.2 Å². The number of aryl methyl sites for hydroxylation is 1. The Labute approximate surface area is 232 Å². The molecule has 1 atom stereocenters. The van der Waals surface area contributed by atoms with Crippen LogP contribution in [0, 0.1) is 11.6 Å². The zero-order chi connectivity index (χ0) is 28.2. The number of nitrogens with zero attached hydrogens (tertiary/aromatic N) is 5. The summed E-state index contributed by atoms with van der Waals surface area (Å²) in [7, 11) is 0.500. The van der Waals surface area contributed by atoms with Crippen LogP contribution in [-0.2, 0) is 24.6 Å². The number of benzene rings is 2. The van der Waals surface area contributed by atoms with Crippen molar-refractivity contribution < 1.29 is 17.4 Å². The summed E-state index contributed by atoms with van der Waals surface area (Å²) in [6.45, 7) is 5.81. The first kappa shape index (κ1) is 26.4. The fourth-order valence-electron chi connectivity index (χ4n) is 4.51. The van der Waals surface area contributed by atoms with E-state index in [-0.39, 0.29) is 23.8 Å². The molecular formula is C29H28F2N6O2S. The van der Waals surface area contributed by atoms with Gasteiger partial charge in [0.25, 0.3) is 0 Å². The highest BCUT2D eigenvalue weighted by molar-refractivity contribution is 7.84. The van der Waals surface area contributed by atoms with Crippen molar-refractivity contribution in [2.45, 2.75) is 50.8 Å². The van der Waals surface area contributed by atoms with E-state index in [2.05, 4.69) is 19.9 Å². The molecule has 1 aliphatic rings. The van der Waals surface area contributed by atoms with Crippen LogP contribution in [-0.4, -0.2) is 33.7 Å². The standard InChI is InChI=1S/C29H28F2N6O2S/c1-29(2,3)40(38)33-14-16-9-22(31)26-24(10-16)35-28(39-26)25-12-18(11-23(34-25)17-5-6-17)20-8-7-19(30)13-21(20)27-36-32-15-37(27)4/h7-13,15,17,33H,5-6,14H2,1-4H3. The first-order valence-corrected chi connectivity index (χ1v) is 14.1. The Morgan fingerprint density at radius 3 is 2.58 bits per heavy atom. The van der Waals surface area contributed by atoms with E-state index in [4.69, 9.17) is 9.40 Å². The second kappa shape index (κ2) is 9.97. The Bertz CT molecular complexity index is 1770. The Morgan fingerprint density at radius 1 is 1.07 bits per heavy atom. The Hall–Kier alpha value is -3.83. The highest BCUT2D eigenvalue weighted by Crippen LogP contribution is 2.42. The van der Waals surface area contributed by atoms with E-state index in [9.17, 15) is 8.60 Å². The summed E-state index contributed by atoms with van der Waals surface area (Å²) in [6, 6.07) is 11.4. The van der Waals surface area contributed by atoms with Crippen molar-refractivity contribution in [1.82, 2.24) is 29.5 Å². The van der Waals surface area contributed by atoms with Crippen LogP contribution in [0.3, 0.4) is 0 Å². The molecule has 1 unspecified atom stereocenters. The first-order valence-electron chi connectivity index (χ1n) is 13.0. The number of hydrogen-bond donors (Lipinski definition) is 1. The maximum atomic E-state index is 15.1. The molecule has 1 aliphatic carbocycles. The highest BCUT2D eigenvalue weighted by Gasteiger charge is 2.28. The van der Waals surface area contributed by atoms with Gasteiger partial charge in [-0.15, -0.1) is 10.2 Å². The summed E-state index contributed by atoms with van der Waals surface area (Å²) >= 11 is 0. The van der Waals surface area contributed by atoms with Crippen LogP contribution < -0.4 is 4.72 Å². The normalized spacial score (nSPS) is 14.7. The van der Waals surface area contributed by atoms with E-state index in [0.29, 0.717) is 34.1 Å². The SMILES string of the molecule is Cn1cnnc1-c1cc(F)ccc1-c1cc(-c2nc3cc(CNS(=O)C(C)(C)C)cc(F)c3o2)nc(C2CC2)c1. The van der Waals surface area contributed by atoms with Crippen molar-refractivity contribution in [3.05, 3.63) is 71.7 Å². The van der Waals surface area contributed by atoms with Crippen LogP contribution in [0.5, 0.6) is 0 Å². The summed E-state index contributed by atoms with van der Waals surface area (Å²) < 4.78 is 51.9. The van der Waals surface area contributed by atoms with Gasteiger partial charge in [0.05, 0.1) is 15.7 Å². The highest BCUT2D eigenvalue weighted by atomic mass is 32.2. The maximum Gasteiger partial charge on any atom is 0.246 e. The number of fused-ring (bicyclic) bond motifs is 1. The molecule has 0 amide bonds. The summed E-state index contributed by atoms with van der Waals surface area (Å²) in [5.74, 6) is 0.0716. The molecule has 11 heteroatoms. The van der Waals surface area contributed by atoms with E-state index in [0.717, 1.165) is 29.7 Å². The van der Waals surface area contributed by atoms with Crippen molar-refractivity contribution in [3.8, 4) is 34.1 Å². The Balaban J connectivity index is 1.42. The third kappa shape index (κ3) is 5.18. The molecule has 1 saturated carbocycles. The predicted molar refractivity (Wildman–Crippen MR) is 149 cm³/mol. The second-order valence-corrected chi connectivity index (χ2v) is 13.1. The minimum atomic E-state index is -1.30. The molecule has 0 spiro atoms. The van der Waals surface area contributed by atoms with E-state index < -0.39 is 21.5 Å². The number of oxazole rings is 1. The molecule has 40 heavy (non-hydrogen) atoms. The predicted octanol–water partition coefficient (Wildman–Crippen LogP) is 6.06. The molecule has 3 aromatic heterocycles. The van der Waals surface area contributed by atoms with Gasteiger partial charge >= 0.3 is 0 Å². The molecule has 5 aromatic rings. The van der Waals surface area contributed by atoms with Crippen LogP contribution in [0.15, 0.2) is 53.2 Å². The molecule has 0 radical (unpaired) electrons. The number of aromatic nitrogens is 5. The zero-order valence-corrected chi connectivity index (χ0v) is 23.4. The summed E-state index contributed by atoms with van der Waals surface area (Å²) in [5, 5.41) is 8.14. The van der Waals surface area contributed by atoms with Gasteiger partial charge in [-0.3, -0.25) is 0 Å². The number of rotatable bonds is 7. The van der Waals surface area contributed by atoms with Crippen LogP contribution in [0.4, 0.5) is 8.78 Å². The van der Waals surface area contributed by atoms with E-state index >= 15 is 4.39 Å². The summed E-state index contributed by atoms with van der Waals surface area (Å²) in [4.78, 5) is 9.39. The van der Waals surface area contributed by atoms with Crippen LogP contribution in [0.1, 0.15) is 50.8 Å². The monoisotopic (exact) mass is 562 g/mol. The van der Waals surface area contributed by atoms with Gasteiger partial charge < -0.3 is 8.98 Å². The quantitative estimate of drug-likeness (QED) is 0.259. The summed E-state index contributed by atoms with van der Waals surface area (Å²) in [5.41, 5.74) is 4.43. The zero-order valence-electron chi connectivity index (χ0n) is 22.5. The number of halogens is 2. The van der Waals surface area contributed by atoms with Gasteiger partial charge in [0.2, 0.25) is 5.89 Å². The van der Waals surface area contributed by atoms with Crippen molar-refractivity contribution in [2.75, 3.05) is 0 Å². The summed E-state index contributed by atoms with van der Waals surface area (Å²) in [6.07, 6.45) is 3.60. The maximum absolute atomic E-state index is 15.1. The lowest BCUT2D eigenvalue weighted by Crippen LogP contribution is -2.32. The van der Waals surface area contributed by atoms with Crippen LogP contribution in [0.2, 0.25) is 0 Å². The average molecular weight is 563 g/mol. The van der Waals surface area contributed by atoms with Gasteiger partial charge in [-0.1, -0.05) is 6.07 Å². The third-order valence-corrected chi connectivity index (χ3v) is 8.29. The smallest absolute Gasteiger partial charge is 0.246 e. The second-order valence-electron chi connectivity index (χ2n) is 11.0. The molecule has 1 N–H and O–H groups in total. The van der Waals surface area contributed by atoms with E-state index in [1.165, 1.54) is 18.2 Å². The molecule has 206 valence electrons. The lowest BCUT2D eigenvalue weighted by atomic mass is 9.97. The van der Waals surface area contributed by atoms with Crippen LogP contribution >= 0.6 is 0 Å². The van der Waals surface area contributed by atoms with Crippen molar-refractivity contribution in [2.24, 2.45) is 7.05 Å². The Morgan fingerprint density at radius 2 is 1.88 bits per heavy atom. The lowest BCUT2D eigenvalue weighted by molar-refractivity contribution is 0.561. The van der Waals surface area contributed by atoms with Crippen molar-refractivity contribution in [3.63, 3.8) is 0 Å². The topological polar surface area (TPSA) is 98.7 Å². The van der Waals surface area contributed by atoms with Gasteiger partial charge in [-0.2, -0.15) is 0 Å². The molecule has 0 aliphatic heterocycles. The van der Waals surface area contributed by atoms with Gasteiger partial charge in [0.1, 0.15) is 23.4 Å². The molecule has 2 aromatic carbocycles. The lowest BCUT2D eigenvalue weighted by Gasteiger charge is -2.18. The molecular weight excluding hydrogens is 534 g/mol. The Kier molecular flexibility index (Phi) is 6.58. The minimum Gasteiger partial charge on any atom is -0.432 e. The van der Waals surface area contributed by atoms with Gasteiger partial charge in [0, 0.05) is 30.8 Å². The van der Waals surface area contributed by atoms with Gasteiger partial charge in [-0.05, 0) is 86.7 Å². The average Bonchev–Trinajstić information content (AvgIpc) is 3.53. The largest absolute Gasteiger partial charge is 0.432 e. The van der Waals surface area contributed by atoms with Gasteiger partial charge in [-0.25, -0.2) is 27.7 Å². The van der Waals surface area contributed by atoms with E-state index in [1.807, 2.05) is 32.9 Å². The molecule has 0 saturated heterocycles. The molecule has 0 bridgehead atoms. The fourth-order valence-corrected chi connectivity index (χ4v) is 5.24. The molecule has 1 fully saturated rings. The van der Waals surface area contributed by atoms with Crippen molar-refractivity contribution >= 4 is 22.1 Å². The number of hydrogen-bond acceptors (Lipinski definition) is 6. The van der Waals surface area contributed by atoms with E-state index in [1.54, 1.807) is 30.1 Å². The molecule has 8 nitrogen and oxygen atoms in total. The number of pyridine rings is 1. The number of nitrogens with one attached hydrogen (secondary N) is 1. The van der Waals surface area contributed by atoms with Crippen molar-refractivity contribution in [1.29, 1.82) is 0 Å². The molecule has 6 rings (SSSR count). The fraction of sp³-hybridized carbons (Fsp3) is 0.310. The van der Waals surface area contributed by atoms with Crippen LogP contribution in [0.25, 0.3) is 45.2 Å². The molecule has 3 heterocycles.